The minimum Gasteiger partial charge on any atom is -0.488 e. The van der Waals surface area contributed by atoms with Gasteiger partial charge in [0.1, 0.15) is 18.2 Å². The first-order chi connectivity index (χ1) is 11.7. The van der Waals surface area contributed by atoms with Crippen LogP contribution >= 0.6 is 0 Å². The molecule has 0 bridgehead atoms. The Kier molecular flexibility index (Phi) is 3.38. The van der Waals surface area contributed by atoms with Gasteiger partial charge in [0.25, 0.3) is 0 Å². The summed E-state index contributed by atoms with van der Waals surface area (Å²) in [5.74, 6) is 2.15. The van der Waals surface area contributed by atoms with Crippen molar-refractivity contribution in [2.75, 3.05) is 10.6 Å². The first-order valence-corrected chi connectivity index (χ1v) is 7.43. The Morgan fingerprint density at radius 3 is 2.88 bits per heavy atom. The molecule has 0 unspecified atom stereocenters. The summed E-state index contributed by atoms with van der Waals surface area (Å²) in [7, 11) is 0. The third-order valence-corrected chi connectivity index (χ3v) is 3.65. The Morgan fingerprint density at radius 2 is 2.00 bits per heavy atom. The lowest BCUT2D eigenvalue weighted by molar-refractivity contribution is 0.261. The number of pyridine rings is 1. The van der Waals surface area contributed by atoms with E-state index in [1.165, 1.54) is 0 Å². The molecule has 0 atom stereocenters. The molecule has 0 fully saturated rings. The fraction of sp³-hybridized carbons (Fsp3) is 0.118. The number of nitrogens with zero attached hydrogens (tertiary/aromatic N) is 2. The van der Waals surface area contributed by atoms with E-state index in [2.05, 4.69) is 20.8 Å². The number of fused-ring (bicyclic) bond motifs is 3. The molecule has 0 saturated carbocycles. The summed E-state index contributed by atoms with van der Waals surface area (Å²) >= 11 is 0. The maximum atomic E-state index is 12.1. The summed E-state index contributed by atoms with van der Waals surface area (Å²) in [6.07, 6.45) is 0. The number of nitrogens with one attached hydrogen (secondary N) is 2. The van der Waals surface area contributed by atoms with Crippen LogP contribution in [0.2, 0.25) is 0 Å². The summed E-state index contributed by atoms with van der Waals surface area (Å²) < 4.78 is 11.1. The molecule has 2 N–H and O–H groups in total. The van der Waals surface area contributed by atoms with Crippen LogP contribution in [0.3, 0.4) is 0 Å². The highest BCUT2D eigenvalue weighted by atomic mass is 16.5. The number of carbonyl (C=O) groups is 1. The maximum absolute atomic E-state index is 12.1. The molecule has 0 aliphatic carbocycles. The summed E-state index contributed by atoms with van der Waals surface area (Å²) in [5, 5.41) is 9.29. The molecule has 120 valence electrons. The Bertz CT molecular complexity index is 920. The minimum atomic E-state index is -0.442. The maximum Gasteiger partial charge on any atom is 0.326 e. The van der Waals surface area contributed by atoms with Crippen LogP contribution in [-0.4, -0.2) is 16.2 Å². The number of hydrogen-bond acceptors (Lipinski definition) is 5. The van der Waals surface area contributed by atoms with Crippen LogP contribution in [0.5, 0.6) is 5.75 Å². The highest BCUT2D eigenvalue weighted by Gasteiger charge is 2.26. The lowest BCUT2D eigenvalue weighted by Gasteiger charge is -2.16. The smallest absolute Gasteiger partial charge is 0.326 e. The van der Waals surface area contributed by atoms with Crippen molar-refractivity contribution in [3.05, 3.63) is 53.7 Å². The average Bonchev–Trinajstić information content (AvgIpc) is 2.98. The largest absolute Gasteiger partial charge is 0.488 e. The molecule has 0 spiro atoms. The van der Waals surface area contributed by atoms with E-state index in [-0.39, 0.29) is 6.61 Å². The van der Waals surface area contributed by atoms with Crippen LogP contribution in [0.1, 0.15) is 11.3 Å². The number of hydrogen-bond donors (Lipinski definition) is 2. The van der Waals surface area contributed by atoms with E-state index < -0.39 is 6.03 Å². The number of para-hydroxylation sites is 1. The van der Waals surface area contributed by atoms with Gasteiger partial charge in [-0.05, 0) is 31.2 Å². The molecular formula is C17H14N4O3. The standard InChI is InChI=1S/C17H14N4O3/c1-10-5-4-8-14(18-10)19-17(22)20-16-12-9-23-13-7-3-2-6-11(13)15(12)24-21-16/h2-8H,9H2,1H3,(H2,18,19,20,21,22). The predicted octanol–water partition coefficient (Wildman–Crippen LogP) is 3.58. The van der Waals surface area contributed by atoms with Crippen molar-refractivity contribution in [2.24, 2.45) is 0 Å². The highest BCUT2D eigenvalue weighted by molar-refractivity contribution is 5.99. The molecule has 7 nitrogen and oxygen atoms in total. The Labute approximate surface area is 137 Å². The molecule has 2 amide bonds. The lowest BCUT2D eigenvalue weighted by Crippen LogP contribution is -2.21. The van der Waals surface area contributed by atoms with E-state index in [4.69, 9.17) is 9.26 Å². The third-order valence-electron chi connectivity index (χ3n) is 3.65. The zero-order chi connectivity index (χ0) is 16.5. The van der Waals surface area contributed by atoms with Gasteiger partial charge in [-0.3, -0.25) is 10.6 Å². The Hall–Kier alpha value is -3.35. The number of ether oxygens (including phenoxy) is 1. The van der Waals surface area contributed by atoms with Gasteiger partial charge in [-0.2, -0.15) is 0 Å². The summed E-state index contributed by atoms with van der Waals surface area (Å²) in [4.78, 5) is 16.4. The van der Waals surface area contributed by atoms with Gasteiger partial charge in [0.2, 0.25) is 0 Å². The third kappa shape index (κ3) is 2.56. The number of aryl methyl sites for hydroxylation is 1. The molecule has 7 heteroatoms. The SMILES string of the molecule is Cc1cccc(NC(=O)Nc2noc3c2COc2ccccc2-3)n1. The Morgan fingerprint density at radius 1 is 1.12 bits per heavy atom. The predicted molar refractivity (Wildman–Crippen MR) is 87.9 cm³/mol. The summed E-state index contributed by atoms with van der Waals surface area (Å²) in [6, 6.07) is 12.5. The van der Waals surface area contributed by atoms with Gasteiger partial charge < -0.3 is 9.26 Å². The lowest BCUT2D eigenvalue weighted by atomic mass is 10.1. The number of rotatable bonds is 2. The summed E-state index contributed by atoms with van der Waals surface area (Å²) in [6.45, 7) is 2.14. The van der Waals surface area contributed by atoms with Crippen LogP contribution < -0.4 is 15.4 Å². The van der Waals surface area contributed by atoms with Crippen LogP contribution in [0.4, 0.5) is 16.4 Å². The van der Waals surface area contributed by atoms with Crippen molar-refractivity contribution in [2.45, 2.75) is 13.5 Å². The molecule has 0 saturated heterocycles. The van der Waals surface area contributed by atoms with E-state index in [1.807, 2.05) is 43.3 Å². The normalized spacial score (nSPS) is 11.9. The number of carbonyl (C=O) groups excluding carboxylic acids is 1. The zero-order valence-corrected chi connectivity index (χ0v) is 12.9. The molecule has 1 aliphatic rings. The first-order valence-electron chi connectivity index (χ1n) is 7.43. The Balaban J connectivity index is 1.55. The van der Waals surface area contributed by atoms with Gasteiger partial charge in [0.05, 0.1) is 11.1 Å². The fourth-order valence-electron chi connectivity index (χ4n) is 2.55. The van der Waals surface area contributed by atoms with Crippen molar-refractivity contribution < 1.29 is 14.1 Å². The van der Waals surface area contributed by atoms with E-state index in [0.29, 0.717) is 23.0 Å². The number of anilines is 2. The van der Waals surface area contributed by atoms with Crippen molar-refractivity contribution in [1.82, 2.24) is 10.1 Å². The van der Waals surface area contributed by atoms with E-state index >= 15 is 0 Å². The van der Waals surface area contributed by atoms with E-state index in [1.54, 1.807) is 6.07 Å². The van der Waals surface area contributed by atoms with Crippen LogP contribution in [-0.2, 0) is 6.61 Å². The minimum absolute atomic E-state index is 0.286. The highest BCUT2D eigenvalue weighted by Crippen LogP contribution is 2.39. The topological polar surface area (TPSA) is 89.3 Å². The molecule has 3 heterocycles. The van der Waals surface area contributed by atoms with Gasteiger partial charge in [-0.1, -0.05) is 23.4 Å². The van der Waals surface area contributed by atoms with Crippen molar-refractivity contribution in [3.63, 3.8) is 0 Å². The quantitative estimate of drug-likeness (QED) is 0.752. The van der Waals surface area contributed by atoms with Crippen molar-refractivity contribution >= 4 is 17.7 Å². The number of aromatic nitrogens is 2. The number of urea groups is 1. The molecule has 1 aliphatic heterocycles. The fourth-order valence-corrected chi connectivity index (χ4v) is 2.55. The van der Waals surface area contributed by atoms with E-state index in [9.17, 15) is 4.79 Å². The molecule has 4 rings (SSSR count). The van der Waals surface area contributed by atoms with Crippen LogP contribution in [0.25, 0.3) is 11.3 Å². The van der Waals surface area contributed by atoms with Crippen molar-refractivity contribution in [1.29, 1.82) is 0 Å². The number of benzene rings is 1. The first kappa shape index (κ1) is 14.3. The monoisotopic (exact) mass is 322 g/mol. The van der Waals surface area contributed by atoms with Crippen LogP contribution in [0, 0.1) is 6.92 Å². The van der Waals surface area contributed by atoms with E-state index in [0.717, 1.165) is 17.0 Å². The molecule has 2 aromatic heterocycles. The van der Waals surface area contributed by atoms with Crippen LogP contribution in [0.15, 0.2) is 47.0 Å². The van der Waals surface area contributed by atoms with Gasteiger partial charge in [-0.15, -0.1) is 0 Å². The van der Waals surface area contributed by atoms with Gasteiger partial charge in [0.15, 0.2) is 11.6 Å². The second-order valence-electron chi connectivity index (χ2n) is 5.37. The second kappa shape index (κ2) is 5.69. The van der Waals surface area contributed by atoms with Gasteiger partial charge in [-0.25, -0.2) is 9.78 Å². The summed E-state index contributed by atoms with van der Waals surface area (Å²) in [5.41, 5.74) is 2.35. The van der Waals surface area contributed by atoms with Gasteiger partial charge >= 0.3 is 6.03 Å². The van der Waals surface area contributed by atoms with Crippen molar-refractivity contribution in [3.8, 4) is 17.1 Å². The molecule has 3 aromatic rings. The number of amides is 2. The van der Waals surface area contributed by atoms with Gasteiger partial charge in [0, 0.05) is 5.69 Å². The average molecular weight is 322 g/mol. The molecule has 1 aromatic carbocycles. The second-order valence-corrected chi connectivity index (χ2v) is 5.37. The molecular weight excluding hydrogens is 308 g/mol. The molecule has 24 heavy (non-hydrogen) atoms. The zero-order valence-electron chi connectivity index (χ0n) is 12.9. The molecule has 0 radical (unpaired) electrons.